The summed E-state index contributed by atoms with van der Waals surface area (Å²) in [5.74, 6) is -0.583. The van der Waals surface area contributed by atoms with E-state index in [1.165, 1.54) is 6.07 Å². The van der Waals surface area contributed by atoms with E-state index in [0.29, 0.717) is 16.3 Å². The van der Waals surface area contributed by atoms with Crippen LogP contribution in [0, 0.1) is 0 Å². The van der Waals surface area contributed by atoms with Gasteiger partial charge in [0, 0.05) is 10.6 Å². The summed E-state index contributed by atoms with van der Waals surface area (Å²) in [4.78, 5) is 24.1. The van der Waals surface area contributed by atoms with E-state index in [0.717, 1.165) is 5.56 Å². The van der Waals surface area contributed by atoms with Gasteiger partial charge in [0.25, 0.3) is 11.8 Å². The smallest absolute Gasteiger partial charge is 0.269 e. The highest BCUT2D eigenvalue weighted by atomic mass is 35.5. The summed E-state index contributed by atoms with van der Waals surface area (Å²) in [5, 5.41) is 3.07. The molecule has 9 heteroatoms. The molecule has 29 heavy (non-hydrogen) atoms. The molecule has 154 valence electrons. The number of ether oxygens (including phenoxy) is 1. The fourth-order valence-corrected chi connectivity index (χ4v) is 2.86. The molecular formula is C20H21Cl2N3O3S. The van der Waals surface area contributed by atoms with Gasteiger partial charge in [-0.2, -0.15) is 0 Å². The van der Waals surface area contributed by atoms with E-state index in [1.807, 2.05) is 12.1 Å². The summed E-state index contributed by atoms with van der Waals surface area (Å²) in [5.41, 5.74) is 6.48. The van der Waals surface area contributed by atoms with E-state index in [4.69, 9.17) is 40.2 Å². The van der Waals surface area contributed by atoms with Crippen LogP contribution in [0.4, 0.5) is 0 Å². The van der Waals surface area contributed by atoms with E-state index in [2.05, 4.69) is 36.9 Å². The van der Waals surface area contributed by atoms with Gasteiger partial charge in [0.1, 0.15) is 5.75 Å². The highest BCUT2D eigenvalue weighted by molar-refractivity contribution is 7.80. The van der Waals surface area contributed by atoms with Crippen molar-refractivity contribution in [2.45, 2.75) is 26.2 Å². The number of hydrogen-bond acceptors (Lipinski definition) is 4. The molecule has 2 aromatic carbocycles. The van der Waals surface area contributed by atoms with E-state index < -0.39 is 5.91 Å². The molecular weight excluding hydrogens is 433 g/mol. The maximum absolute atomic E-state index is 12.2. The third-order valence-electron chi connectivity index (χ3n) is 3.81. The lowest BCUT2D eigenvalue weighted by molar-refractivity contribution is -0.121. The zero-order chi connectivity index (χ0) is 21.6. The molecule has 0 heterocycles. The summed E-state index contributed by atoms with van der Waals surface area (Å²) in [6.45, 7) is 5.96. The zero-order valence-corrected chi connectivity index (χ0v) is 18.5. The van der Waals surface area contributed by atoms with Crippen molar-refractivity contribution in [2.24, 2.45) is 0 Å². The molecule has 6 nitrogen and oxygen atoms in total. The molecule has 0 radical (unpaired) electrons. The van der Waals surface area contributed by atoms with Gasteiger partial charge in [-0.1, -0.05) is 56.1 Å². The molecule has 0 bridgehead atoms. The van der Waals surface area contributed by atoms with Crippen LogP contribution in [0.3, 0.4) is 0 Å². The van der Waals surface area contributed by atoms with Crippen LogP contribution in [0.15, 0.2) is 42.5 Å². The second kappa shape index (κ2) is 9.91. The van der Waals surface area contributed by atoms with Gasteiger partial charge in [0.15, 0.2) is 11.7 Å². The first-order valence-corrected chi connectivity index (χ1v) is 9.81. The molecule has 0 saturated carbocycles. The molecule has 0 saturated heterocycles. The predicted molar refractivity (Wildman–Crippen MR) is 118 cm³/mol. The minimum atomic E-state index is -0.516. The maximum atomic E-state index is 12.2. The van der Waals surface area contributed by atoms with Crippen LogP contribution < -0.4 is 20.9 Å². The third kappa shape index (κ3) is 7.20. The molecule has 0 aliphatic carbocycles. The lowest BCUT2D eigenvalue weighted by atomic mass is 9.87. The quantitative estimate of drug-likeness (QED) is 0.481. The predicted octanol–water partition coefficient (Wildman–Crippen LogP) is 4.01. The fraction of sp³-hybridized carbons (Fsp3) is 0.250. The molecule has 0 aliphatic heterocycles. The van der Waals surface area contributed by atoms with Crippen molar-refractivity contribution < 1.29 is 14.3 Å². The molecule has 0 fully saturated rings. The maximum Gasteiger partial charge on any atom is 0.269 e. The number of halogens is 2. The summed E-state index contributed by atoms with van der Waals surface area (Å²) >= 11 is 16.8. The normalized spacial score (nSPS) is 10.8. The highest BCUT2D eigenvalue weighted by Gasteiger charge is 2.14. The summed E-state index contributed by atoms with van der Waals surface area (Å²) in [7, 11) is 0. The monoisotopic (exact) mass is 453 g/mol. The average Bonchev–Trinajstić information content (AvgIpc) is 2.65. The van der Waals surface area contributed by atoms with Crippen LogP contribution >= 0.6 is 35.4 Å². The number of benzene rings is 2. The van der Waals surface area contributed by atoms with Gasteiger partial charge in [-0.05, 0) is 53.5 Å². The van der Waals surface area contributed by atoms with E-state index in [1.54, 1.807) is 24.3 Å². The Hall–Kier alpha value is -2.35. The van der Waals surface area contributed by atoms with E-state index in [9.17, 15) is 9.59 Å². The third-order valence-corrected chi connectivity index (χ3v) is 4.54. The lowest BCUT2D eigenvalue weighted by Gasteiger charge is -2.19. The van der Waals surface area contributed by atoms with E-state index >= 15 is 0 Å². The van der Waals surface area contributed by atoms with Crippen LogP contribution in [0.2, 0.25) is 10.0 Å². The Morgan fingerprint density at radius 3 is 2.28 bits per heavy atom. The van der Waals surface area contributed by atoms with Gasteiger partial charge >= 0.3 is 0 Å². The summed E-state index contributed by atoms with van der Waals surface area (Å²) < 4.78 is 5.31. The minimum absolute atomic E-state index is 0.00257. The van der Waals surface area contributed by atoms with Gasteiger partial charge in [0.05, 0.1) is 5.02 Å². The molecule has 0 spiro atoms. The standard InChI is InChI=1S/C20H21Cl2N3O3S/c1-20(2,3)13-6-4-12(5-7-13)18(27)24-25-19(29)23-17(26)11-28-16-9-8-14(21)10-15(16)22/h4-10H,11H2,1-3H3,(H,24,27)(H2,23,25,26,29). The Morgan fingerprint density at radius 2 is 1.69 bits per heavy atom. The van der Waals surface area contributed by atoms with Crippen LogP contribution in [0.5, 0.6) is 5.75 Å². The zero-order valence-electron chi connectivity index (χ0n) is 16.1. The second-order valence-electron chi connectivity index (χ2n) is 7.15. The van der Waals surface area contributed by atoms with Crippen molar-refractivity contribution >= 4 is 52.3 Å². The summed E-state index contributed by atoms with van der Waals surface area (Å²) in [6, 6.07) is 11.9. The Bertz CT molecular complexity index is 912. The fourth-order valence-electron chi connectivity index (χ4n) is 2.24. The molecule has 0 aliphatic rings. The first-order chi connectivity index (χ1) is 13.6. The number of hydrogen-bond donors (Lipinski definition) is 3. The number of hydrazine groups is 1. The van der Waals surface area contributed by atoms with Crippen LogP contribution in [0.1, 0.15) is 36.7 Å². The average molecular weight is 454 g/mol. The Labute approximate surface area is 184 Å². The number of nitrogens with one attached hydrogen (secondary N) is 3. The van der Waals surface area contributed by atoms with Crippen molar-refractivity contribution in [3.05, 3.63) is 63.6 Å². The first kappa shape index (κ1) is 22.9. The van der Waals surface area contributed by atoms with Crippen molar-refractivity contribution in [2.75, 3.05) is 6.61 Å². The number of carbonyl (C=O) groups excluding carboxylic acids is 2. The van der Waals surface area contributed by atoms with Gasteiger partial charge < -0.3 is 4.74 Å². The minimum Gasteiger partial charge on any atom is -0.482 e. The Morgan fingerprint density at radius 1 is 1.03 bits per heavy atom. The Kier molecular flexibility index (Phi) is 7.84. The highest BCUT2D eigenvalue weighted by Crippen LogP contribution is 2.27. The van der Waals surface area contributed by atoms with Crippen molar-refractivity contribution in [3.8, 4) is 5.75 Å². The van der Waals surface area contributed by atoms with Crippen molar-refractivity contribution in [1.29, 1.82) is 0 Å². The van der Waals surface area contributed by atoms with Crippen molar-refractivity contribution in [1.82, 2.24) is 16.2 Å². The number of thiocarbonyl (C=S) groups is 1. The molecule has 0 aromatic heterocycles. The van der Waals surface area contributed by atoms with Crippen LogP contribution in [0.25, 0.3) is 0 Å². The Balaban J connectivity index is 1.78. The topological polar surface area (TPSA) is 79.5 Å². The molecule has 2 aromatic rings. The van der Waals surface area contributed by atoms with Crippen LogP contribution in [-0.2, 0) is 10.2 Å². The number of carbonyl (C=O) groups is 2. The van der Waals surface area contributed by atoms with Gasteiger partial charge in [-0.15, -0.1) is 0 Å². The molecule has 0 unspecified atom stereocenters. The van der Waals surface area contributed by atoms with Gasteiger partial charge in [0.2, 0.25) is 0 Å². The van der Waals surface area contributed by atoms with Crippen molar-refractivity contribution in [3.63, 3.8) is 0 Å². The molecule has 2 rings (SSSR count). The number of rotatable bonds is 4. The van der Waals surface area contributed by atoms with E-state index in [-0.39, 0.29) is 28.1 Å². The lowest BCUT2D eigenvalue weighted by Crippen LogP contribution is -2.49. The first-order valence-electron chi connectivity index (χ1n) is 8.65. The number of amides is 2. The van der Waals surface area contributed by atoms with Crippen LogP contribution in [-0.4, -0.2) is 23.5 Å². The SMILES string of the molecule is CC(C)(C)c1ccc(C(=O)NNC(=S)NC(=O)COc2ccc(Cl)cc2Cl)cc1. The molecule has 2 amide bonds. The molecule has 0 atom stereocenters. The molecule has 3 N–H and O–H groups in total. The summed E-state index contributed by atoms with van der Waals surface area (Å²) in [6.07, 6.45) is 0. The largest absolute Gasteiger partial charge is 0.482 e. The van der Waals surface area contributed by atoms with Gasteiger partial charge in [-0.3, -0.25) is 25.8 Å². The van der Waals surface area contributed by atoms with Gasteiger partial charge in [-0.25, -0.2) is 0 Å². The second-order valence-corrected chi connectivity index (χ2v) is 8.40.